The minimum atomic E-state index is -0.833. The van der Waals surface area contributed by atoms with Crippen LogP contribution in [0.25, 0.3) is 0 Å². The van der Waals surface area contributed by atoms with Crippen LogP contribution in [-0.4, -0.2) is 17.7 Å². The maximum absolute atomic E-state index is 9.00. The van der Waals surface area contributed by atoms with E-state index in [1.807, 2.05) is 25.1 Å². The Kier molecular flexibility index (Phi) is 12.7. The zero-order valence-electron chi connectivity index (χ0n) is 11.7. The molecule has 0 aliphatic rings. The van der Waals surface area contributed by atoms with Gasteiger partial charge in [-0.1, -0.05) is 18.2 Å². The van der Waals surface area contributed by atoms with Crippen LogP contribution in [0.4, 0.5) is 0 Å². The Hall–Kier alpha value is 0.250. The summed E-state index contributed by atoms with van der Waals surface area (Å²) < 4.78 is 6.51. The molecule has 1 aromatic rings. The normalized spacial score (nSPS) is 8.44. The molecule has 18 heavy (non-hydrogen) atoms. The molecule has 6 heteroatoms. The standard InChI is InChI=1S/C10H10ClIO.C2H4O2.Na.H/c1-7(2)6-13-10-4-3-8(11)5-9(10)12;1-2(3)4;;/h3-5H,1,6H2,2H3;1H3,(H,3,4);;/q;;+1;-1. The van der Waals surface area contributed by atoms with Crippen LogP contribution in [0.1, 0.15) is 15.3 Å². The number of hydrogen-bond acceptors (Lipinski definition) is 2. The van der Waals surface area contributed by atoms with Crippen LogP contribution in [-0.2, 0) is 4.79 Å². The fourth-order valence-electron chi connectivity index (χ4n) is 0.793. The van der Waals surface area contributed by atoms with Crippen LogP contribution in [0.2, 0.25) is 5.02 Å². The van der Waals surface area contributed by atoms with Crippen LogP contribution >= 0.6 is 34.2 Å². The minimum absolute atomic E-state index is 0. The molecule has 0 saturated heterocycles. The van der Waals surface area contributed by atoms with Gasteiger partial charge >= 0.3 is 29.6 Å². The summed E-state index contributed by atoms with van der Waals surface area (Å²) in [4.78, 5) is 9.00. The number of hydrogen-bond donors (Lipinski definition) is 1. The topological polar surface area (TPSA) is 46.5 Å². The van der Waals surface area contributed by atoms with Crippen molar-refractivity contribution in [1.82, 2.24) is 0 Å². The van der Waals surface area contributed by atoms with E-state index in [1.54, 1.807) is 0 Å². The molecule has 0 fully saturated rings. The summed E-state index contributed by atoms with van der Waals surface area (Å²) in [5.41, 5.74) is 1.01. The molecule has 0 saturated carbocycles. The first-order chi connectivity index (χ1) is 7.82. The molecule has 0 unspecified atom stereocenters. The summed E-state index contributed by atoms with van der Waals surface area (Å²) >= 11 is 8.00. The first kappa shape index (κ1) is 20.6. The van der Waals surface area contributed by atoms with E-state index >= 15 is 0 Å². The molecule has 0 radical (unpaired) electrons. The Morgan fingerprint density at radius 2 is 2.06 bits per heavy atom. The van der Waals surface area contributed by atoms with Crippen LogP contribution in [0.15, 0.2) is 30.4 Å². The van der Waals surface area contributed by atoms with E-state index in [0.717, 1.165) is 26.8 Å². The molecule has 0 aromatic heterocycles. The average molecular weight is 393 g/mol. The van der Waals surface area contributed by atoms with Gasteiger partial charge in [-0.3, -0.25) is 4.79 Å². The Morgan fingerprint density at radius 1 is 1.56 bits per heavy atom. The Bertz CT molecular complexity index is 412. The molecule has 1 aromatic carbocycles. The number of carboxylic acids is 1. The molecular formula is C12H15ClINaO3. The van der Waals surface area contributed by atoms with Crippen molar-refractivity contribution in [3.63, 3.8) is 0 Å². The van der Waals surface area contributed by atoms with Gasteiger partial charge in [0, 0.05) is 11.9 Å². The Morgan fingerprint density at radius 3 is 2.44 bits per heavy atom. The summed E-state index contributed by atoms with van der Waals surface area (Å²) in [5, 5.41) is 8.15. The monoisotopic (exact) mass is 392 g/mol. The van der Waals surface area contributed by atoms with Crippen molar-refractivity contribution in [1.29, 1.82) is 0 Å². The van der Waals surface area contributed by atoms with Gasteiger partial charge in [-0.15, -0.1) is 0 Å². The number of halogens is 2. The third-order valence-electron chi connectivity index (χ3n) is 1.37. The van der Waals surface area contributed by atoms with E-state index in [2.05, 4.69) is 29.2 Å². The van der Waals surface area contributed by atoms with Gasteiger partial charge in [0.05, 0.1) is 3.57 Å². The Labute approximate surface area is 149 Å². The van der Waals surface area contributed by atoms with Crippen molar-refractivity contribution >= 4 is 40.2 Å². The van der Waals surface area contributed by atoms with E-state index in [-0.39, 0.29) is 31.0 Å². The van der Waals surface area contributed by atoms with Gasteiger partial charge in [-0.25, -0.2) is 0 Å². The summed E-state index contributed by atoms with van der Waals surface area (Å²) in [6, 6.07) is 5.56. The second-order valence-corrected chi connectivity index (χ2v) is 4.94. The first-order valence-corrected chi connectivity index (χ1v) is 6.20. The van der Waals surface area contributed by atoms with Gasteiger partial charge in [0.2, 0.25) is 0 Å². The predicted octanol–water partition coefficient (Wildman–Crippen LogP) is 1.11. The predicted molar refractivity (Wildman–Crippen MR) is 78.9 cm³/mol. The average Bonchev–Trinajstić information content (AvgIpc) is 2.15. The van der Waals surface area contributed by atoms with Crippen LogP contribution in [0.5, 0.6) is 5.75 Å². The first-order valence-electron chi connectivity index (χ1n) is 4.74. The third kappa shape index (κ3) is 11.3. The molecule has 1 rings (SSSR count). The van der Waals surface area contributed by atoms with Gasteiger partial charge in [0.25, 0.3) is 5.97 Å². The number of carboxylic acid groups (broad SMARTS) is 1. The fraction of sp³-hybridized carbons (Fsp3) is 0.250. The van der Waals surface area contributed by atoms with Crippen molar-refractivity contribution in [2.45, 2.75) is 13.8 Å². The van der Waals surface area contributed by atoms with E-state index < -0.39 is 5.97 Å². The SMILES string of the molecule is C=C(C)COc1ccc(Cl)cc1I.CC(=O)O.[H-].[Na+]. The van der Waals surface area contributed by atoms with Gasteiger partial charge < -0.3 is 11.3 Å². The molecule has 96 valence electrons. The molecule has 0 heterocycles. The van der Waals surface area contributed by atoms with Crippen molar-refractivity contribution < 1.29 is 45.6 Å². The van der Waals surface area contributed by atoms with Crippen molar-refractivity contribution in [3.8, 4) is 5.75 Å². The van der Waals surface area contributed by atoms with E-state index in [9.17, 15) is 0 Å². The van der Waals surface area contributed by atoms with Gasteiger partial charge in [-0.2, -0.15) is 0 Å². The van der Waals surface area contributed by atoms with Crippen LogP contribution in [0, 0.1) is 3.57 Å². The second-order valence-electron chi connectivity index (χ2n) is 3.34. The van der Waals surface area contributed by atoms with Crippen LogP contribution in [0.3, 0.4) is 0 Å². The number of benzene rings is 1. The Balaban J connectivity index is -0.000000379. The molecule has 0 spiro atoms. The summed E-state index contributed by atoms with van der Waals surface area (Å²) in [5.74, 6) is 0.0213. The van der Waals surface area contributed by atoms with Gasteiger partial charge in [0.1, 0.15) is 12.4 Å². The summed E-state index contributed by atoms with van der Waals surface area (Å²) in [6.07, 6.45) is 0. The van der Waals surface area contributed by atoms with Crippen molar-refractivity contribution in [2.75, 3.05) is 6.61 Å². The largest absolute Gasteiger partial charge is 1.00 e. The molecular weight excluding hydrogens is 377 g/mol. The van der Waals surface area contributed by atoms with Gasteiger partial charge in [0.15, 0.2) is 0 Å². The van der Waals surface area contributed by atoms with Crippen molar-refractivity contribution in [2.24, 2.45) is 0 Å². The number of aliphatic carboxylic acids is 1. The number of ether oxygens (including phenoxy) is 1. The third-order valence-corrected chi connectivity index (χ3v) is 2.45. The maximum atomic E-state index is 9.00. The molecule has 0 atom stereocenters. The smallest absolute Gasteiger partial charge is 1.00 e. The van der Waals surface area contributed by atoms with Crippen molar-refractivity contribution in [3.05, 3.63) is 38.9 Å². The number of rotatable bonds is 3. The van der Waals surface area contributed by atoms with E-state index in [4.69, 9.17) is 26.2 Å². The fourth-order valence-corrected chi connectivity index (χ4v) is 1.82. The molecule has 0 aliphatic carbocycles. The van der Waals surface area contributed by atoms with Gasteiger partial charge in [-0.05, 0) is 53.3 Å². The molecule has 0 bridgehead atoms. The zero-order chi connectivity index (χ0) is 13.4. The molecule has 1 N–H and O–H groups in total. The minimum Gasteiger partial charge on any atom is -1.00 e. The van der Waals surface area contributed by atoms with Crippen LogP contribution < -0.4 is 34.3 Å². The quantitative estimate of drug-likeness (QED) is 0.476. The summed E-state index contributed by atoms with van der Waals surface area (Å²) in [6.45, 7) is 7.33. The molecule has 3 nitrogen and oxygen atoms in total. The molecule has 0 aliphatic heterocycles. The summed E-state index contributed by atoms with van der Waals surface area (Å²) in [7, 11) is 0. The van der Waals surface area contributed by atoms with E-state index in [1.165, 1.54) is 0 Å². The number of carbonyl (C=O) groups is 1. The zero-order valence-corrected chi connectivity index (χ0v) is 15.6. The van der Waals surface area contributed by atoms with E-state index in [0.29, 0.717) is 6.61 Å². The second kappa shape index (κ2) is 11.1. The molecule has 0 amide bonds. The maximum Gasteiger partial charge on any atom is 1.00 e.